The number of carbonyl (C=O) groups is 3. The molecular formula is C23H44N2O3. The van der Waals surface area contributed by atoms with Crippen LogP contribution < -0.4 is 10.6 Å². The van der Waals surface area contributed by atoms with Crippen LogP contribution in [0.2, 0.25) is 0 Å². The highest BCUT2D eigenvalue weighted by Crippen LogP contribution is 2.24. The molecule has 0 unspecified atom stereocenters. The molecule has 5 heteroatoms. The van der Waals surface area contributed by atoms with Gasteiger partial charge in [0, 0.05) is 25.3 Å². The molecule has 0 aromatic rings. The Labute approximate surface area is 172 Å². The van der Waals surface area contributed by atoms with E-state index in [1.807, 2.05) is 34.6 Å². The number of nitrogens with one attached hydrogen (secondary N) is 2. The third-order valence-corrected chi connectivity index (χ3v) is 4.36. The zero-order valence-corrected chi connectivity index (χ0v) is 19.5. The van der Waals surface area contributed by atoms with Crippen molar-refractivity contribution in [3.05, 3.63) is 0 Å². The maximum atomic E-state index is 12.7. The second-order valence-corrected chi connectivity index (χ2v) is 10.7. The van der Waals surface area contributed by atoms with E-state index in [9.17, 15) is 14.4 Å². The molecule has 2 amide bonds. The topological polar surface area (TPSA) is 75.3 Å². The third kappa shape index (κ3) is 15.6. The molecule has 0 bridgehead atoms. The molecule has 0 spiro atoms. The number of amides is 2. The van der Waals surface area contributed by atoms with Crippen LogP contribution in [-0.4, -0.2) is 29.7 Å². The van der Waals surface area contributed by atoms with Crippen molar-refractivity contribution in [3.8, 4) is 0 Å². The van der Waals surface area contributed by atoms with E-state index in [0.29, 0.717) is 25.7 Å². The van der Waals surface area contributed by atoms with E-state index in [0.717, 1.165) is 19.3 Å². The molecule has 0 saturated carbocycles. The van der Waals surface area contributed by atoms with E-state index >= 15 is 0 Å². The fourth-order valence-corrected chi connectivity index (χ4v) is 3.03. The molecule has 0 heterocycles. The van der Waals surface area contributed by atoms with Gasteiger partial charge in [-0.1, -0.05) is 54.4 Å². The Balaban J connectivity index is 4.58. The van der Waals surface area contributed by atoms with Crippen LogP contribution in [-0.2, 0) is 14.4 Å². The Bertz CT molecular complexity index is 499. The predicted molar refractivity (Wildman–Crippen MR) is 116 cm³/mol. The molecule has 2 N–H and O–H groups in total. The van der Waals surface area contributed by atoms with Crippen LogP contribution in [0.5, 0.6) is 0 Å². The van der Waals surface area contributed by atoms with Crippen LogP contribution in [0.4, 0.5) is 0 Å². The lowest BCUT2D eigenvalue weighted by Gasteiger charge is -2.24. The first-order valence-corrected chi connectivity index (χ1v) is 10.8. The average molecular weight is 397 g/mol. The van der Waals surface area contributed by atoms with Crippen molar-refractivity contribution in [2.75, 3.05) is 0 Å². The zero-order chi connectivity index (χ0) is 22.0. The Hall–Kier alpha value is -1.39. The van der Waals surface area contributed by atoms with Crippen molar-refractivity contribution in [2.45, 2.75) is 119 Å². The van der Waals surface area contributed by atoms with Gasteiger partial charge in [0.2, 0.25) is 11.8 Å². The second-order valence-electron chi connectivity index (χ2n) is 10.7. The summed E-state index contributed by atoms with van der Waals surface area (Å²) in [5.74, 6) is -0.0695. The Morgan fingerprint density at radius 3 is 1.75 bits per heavy atom. The lowest BCUT2D eigenvalue weighted by atomic mass is 9.85. The summed E-state index contributed by atoms with van der Waals surface area (Å²) in [5.41, 5.74) is 0.186. The molecule has 0 aromatic carbocycles. The second kappa shape index (κ2) is 12.2. The highest BCUT2D eigenvalue weighted by atomic mass is 16.2. The van der Waals surface area contributed by atoms with Gasteiger partial charge in [0.05, 0.1) is 6.04 Å². The fourth-order valence-electron chi connectivity index (χ4n) is 3.03. The molecule has 0 radical (unpaired) electrons. The number of hydrogen-bond acceptors (Lipinski definition) is 3. The summed E-state index contributed by atoms with van der Waals surface area (Å²) < 4.78 is 0. The highest BCUT2D eigenvalue weighted by molar-refractivity contribution is 5.89. The molecule has 0 aliphatic heterocycles. The molecule has 0 fully saturated rings. The molecular weight excluding hydrogens is 352 g/mol. The van der Waals surface area contributed by atoms with E-state index in [1.54, 1.807) is 0 Å². The van der Waals surface area contributed by atoms with Crippen LogP contribution in [0, 0.1) is 10.8 Å². The summed E-state index contributed by atoms with van der Waals surface area (Å²) in [6, 6.07) is -0.315. The molecule has 164 valence electrons. The van der Waals surface area contributed by atoms with E-state index in [1.165, 1.54) is 0 Å². The van der Waals surface area contributed by atoms with Gasteiger partial charge in [0.15, 0.2) is 5.78 Å². The van der Waals surface area contributed by atoms with Gasteiger partial charge in [0.1, 0.15) is 0 Å². The highest BCUT2D eigenvalue weighted by Gasteiger charge is 2.25. The summed E-state index contributed by atoms with van der Waals surface area (Å²) in [6.45, 7) is 16.6. The molecule has 0 aliphatic rings. The van der Waals surface area contributed by atoms with Crippen LogP contribution in [0.15, 0.2) is 0 Å². The average Bonchev–Trinajstić information content (AvgIpc) is 2.46. The maximum Gasteiger partial charge on any atom is 0.220 e. The smallest absolute Gasteiger partial charge is 0.220 e. The van der Waals surface area contributed by atoms with Gasteiger partial charge in [-0.25, -0.2) is 0 Å². The van der Waals surface area contributed by atoms with Gasteiger partial charge < -0.3 is 10.6 Å². The van der Waals surface area contributed by atoms with Crippen molar-refractivity contribution < 1.29 is 14.4 Å². The number of unbranched alkanes of at least 4 members (excludes halogenated alkanes) is 1. The van der Waals surface area contributed by atoms with Crippen molar-refractivity contribution in [1.82, 2.24) is 10.6 Å². The number of Topliss-reactive ketones (excluding diaryl/α,β-unsaturated/α-hetero) is 1. The normalized spacial score (nSPS) is 13.3. The van der Waals surface area contributed by atoms with Crippen molar-refractivity contribution in [3.63, 3.8) is 0 Å². The van der Waals surface area contributed by atoms with Crippen molar-refractivity contribution in [1.29, 1.82) is 0 Å². The van der Waals surface area contributed by atoms with Gasteiger partial charge >= 0.3 is 0 Å². The molecule has 0 saturated heterocycles. The van der Waals surface area contributed by atoms with E-state index in [2.05, 4.69) is 31.4 Å². The summed E-state index contributed by atoms with van der Waals surface area (Å²) in [6.07, 6.45) is 5.31. The summed E-state index contributed by atoms with van der Waals surface area (Å²) in [7, 11) is 0. The fraction of sp³-hybridized carbons (Fsp3) is 0.870. The first-order valence-electron chi connectivity index (χ1n) is 10.8. The minimum Gasteiger partial charge on any atom is -0.354 e. The summed E-state index contributed by atoms with van der Waals surface area (Å²) >= 11 is 0. The third-order valence-electron chi connectivity index (χ3n) is 4.36. The van der Waals surface area contributed by atoms with Crippen LogP contribution in [0.1, 0.15) is 107 Å². The number of rotatable bonds is 12. The quantitative estimate of drug-likeness (QED) is 0.466. The maximum absolute atomic E-state index is 12.7. The van der Waals surface area contributed by atoms with Crippen LogP contribution >= 0.6 is 0 Å². The SMILES string of the molecule is CC(C)NC(=O)CCCC(=O)N[C@@H](CCCCC(C)(C)C)C(=O)CC(C)(C)C. The first kappa shape index (κ1) is 26.6. The van der Waals surface area contributed by atoms with Crippen molar-refractivity contribution in [2.24, 2.45) is 10.8 Å². The van der Waals surface area contributed by atoms with Gasteiger partial charge in [-0.3, -0.25) is 14.4 Å². The van der Waals surface area contributed by atoms with Gasteiger partial charge in [-0.05, 0) is 43.9 Å². The monoisotopic (exact) mass is 396 g/mol. The predicted octanol–water partition coefficient (Wildman–Crippen LogP) is 4.78. The lowest BCUT2D eigenvalue weighted by Crippen LogP contribution is -2.42. The lowest BCUT2D eigenvalue weighted by molar-refractivity contribution is -0.129. The molecule has 28 heavy (non-hydrogen) atoms. The van der Waals surface area contributed by atoms with Crippen molar-refractivity contribution >= 4 is 17.6 Å². The minimum absolute atomic E-state index is 0.0367. The number of hydrogen-bond donors (Lipinski definition) is 2. The van der Waals surface area contributed by atoms with Gasteiger partial charge in [0.25, 0.3) is 0 Å². The molecule has 0 aromatic heterocycles. The zero-order valence-electron chi connectivity index (χ0n) is 19.5. The van der Waals surface area contributed by atoms with E-state index in [4.69, 9.17) is 0 Å². The number of ketones is 1. The number of carbonyl (C=O) groups excluding carboxylic acids is 3. The first-order chi connectivity index (χ1) is 12.7. The molecule has 1 atom stereocenters. The largest absolute Gasteiger partial charge is 0.354 e. The van der Waals surface area contributed by atoms with Gasteiger partial charge in [-0.2, -0.15) is 0 Å². The molecule has 5 nitrogen and oxygen atoms in total. The summed E-state index contributed by atoms with van der Waals surface area (Å²) in [5, 5.41) is 5.75. The van der Waals surface area contributed by atoms with Crippen LogP contribution in [0.25, 0.3) is 0 Å². The Kier molecular flexibility index (Phi) is 11.6. The molecule has 0 rings (SSSR count). The van der Waals surface area contributed by atoms with Crippen LogP contribution in [0.3, 0.4) is 0 Å². The van der Waals surface area contributed by atoms with E-state index < -0.39 is 6.04 Å². The van der Waals surface area contributed by atoms with E-state index in [-0.39, 0.29) is 40.9 Å². The molecule has 0 aliphatic carbocycles. The Morgan fingerprint density at radius 2 is 1.29 bits per heavy atom. The van der Waals surface area contributed by atoms with Gasteiger partial charge in [-0.15, -0.1) is 0 Å². The standard InChI is InChI=1S/C23H44N2O3/c1-17(2)24-20(27)13-11-14-21(28)25-18(19(26)16-23(6,7)8)12-9-10-15-22(3,4)5/h17-18H,9-16H2,1-8H3,(H,24,27)(H,25,28)/t18-/m0/s1. The Morgan fingerprint density at radius 1 is 0.750 bits per heavy atom. The minimum atomic E-state index is -0.420. The summed E-state index contributed by atoms with van der Waals surface area (Å²) in [4.78, 5) is 36.7.